The molecule has 1 aromatic rings. The smallest absolute Gasteiger partial charge is 0.236 e. The zero-order valence-electron chi connectivity index (χ0n) is 11.8. The Labute approximate surface area is 115 Å². The summed E-state index contributed by atoms with van der Waals surface area (Å²) in [5, 5.41) is 0. The number of rotatable bonds is 5. The number of carbonyl (C=O) groups is 1. The quantitative estimate of drug-likeness (QED) is 0.884. The van der Waals surface area contributed by atoms with Gasteiger partial charge in [-0.2, -0.15) is 0 Å². The van der Waals surface area contributed by atoms with E-state index in [1.165, 1.54) is 24.0 Å². The van der Waals surface area contributed by atoms with Gasteiger partial charge in [-0.1, -0.05) is 44.0 Å². The molecule has 104 valence electrons. The molecule has 1 fully saturated rings. The first-order valence-electron chi connectivity index (χ1n) is 7.32. The minimum Gasteiger partial charge on any atom is -0.334 e. The summed E-state index contributed by atoms with van der Waals surface area (Å²) >= 11 is 0. The van der Waals surface area contributed by atoms with E-state index in [2.05, 4.69) is 31.2 Å². The number of carbonyl (C=O) groups excluding carboxylic acids is 1. The number of aryl methyl sites for hydroxylation is 1. The second kappa shape index (κ2) is 6.71. The number of nitrogens with two attached hydrogens (primary N) is 1. The average molecular weight is 260 g/mol. The monoisotopic (exact) mass is 260 g/mol. The fourth-order valence-corrected chi connectivity index (χ4v) is 2.83. The largest absolute Gasteiger partial charge is 0.334 e. The third-order valence-corrected chi connectivity index (χ3v) is 4.04. The van der Waals surface area contributed by atoms with Gasteiger partial charge in [0.05, 0.1) is 6.54 Å². The van der Waals surface area contributed by atoms with E-state index in [4.69, 9.17) is 5.73 Å². The molecule has 0 aromatic heterocycles. The molecule has 0 atom stereocenters. The fourth-order valence-electron chi connectivity index (χ4n) is 2.83. The SMILES string of the molecule is CCc1ccc(CN(C(=O)CN)C2CCCC2)cc1. The van der Waals surface area contributed by atoms with Crippen molar-refractivity contribution in [3.05, 3.63) is 35.4 Å². The van der Waals surface area contributed by atoms with Gasteiger partial charge in [0.15, 0.2) is 0 Å². The number of nitrogens with zero attached hydrogens (tertiary/aromatic N) is 1. The first-order valence-corrected chi connectivity index (χ1v) is 7.32. The molecular weight excluding hydrogens is 236 g/mol. The lowest BCUT2D eigenvalue weighted by Gasteiger charge is -2.29. The van der Waals surface area contributed by atoms with Gasteiger partial charge < -0.3 is 10.6 Å². The summed E-state index contributed by atoms with van der Waals surface area (Å²) in [5.74, 6) is 0.0754. The van der Waals surface area contributed by atoms with Crippen LogP contribution < -0.4 is 5.73 Å². The number of amides is 1. The van der Waals surface area contributed by atoms with Crippen molar-refractivity contribution in [1.29, 1.82) is 0 Å². The fraction of sp³-hybridized carbons (Fsp3) is 0.562. The average Bonchev–Trinajstić information content (AvgIpc) is 2.98. The first-order chi connectivity index (χ1) is 9.24. The minimum atomic E-state index is 0.0754. The summed E-state index contributed by atoms with van der Waals surface area (Å²) < 4.78 is 0. The molecule has 3 nitrogen and oxygen atoms in total. The summed E-state index contributed by atoms with van der Waals surface area (Å²) in [6.07, 6.45) is 5.76. The molecule has 0 heterocycles. The van der Waals surface area contributed by atoms with Crippen molar-refractivity contribution in [2.75, 3.05) is 6.54 Å². The number of hydrogen-bond acceptors (Lipinski definition) is 2. The van der Waals surface area contributed by atoms with Crippen molar-refractivity contribution in [1.82, 2.24) is 4.90 Å². The summed E-state index contributed by atoms with van der Waals surface area (Å²) in [7, 11) is 0. The molecule has 0 saturated heterocycles. The highest BCUT2D eigenvalue weighted by molar-refractivity contribution is 5.78. The van der Waals surface area contributed by atoms with Gasteiger partial charge in [-0.25, -0.2) is 0 Å². The zero-order valence-corrected chi connectivity index (χ0v) is 11.8. The molecule has 0 unspecified atom stereocenters. The first kappa shape index (κ1) is 14.1. The Morgan fingerprint density at radius 3 is 2.32 bits per heavy atom. The predicted octanol–water partition coefficient (Wildman–Crippen LogP) is 2.48. The molecule has 0 bridgehead atoms. The van der Waals surface area contributed by atoms with Crippen LogP contribution in [0.1, 0.15) is 43.7 Å². The van der Waals surface area contributed by atoms with E-state index >= 15 is 0 Å². The Morgan fingerprint density at radius 2 is 1.79 bits per heavy atom. The van der Waals surface area contributed by atoms with Crippen molar-refractivity contribution in [3.8, 4) is 0 Å². The van der Waals surface area contributed by atoms with E-state index in [1.54, 1.807) is 0 Å². The van der Waals surface area contributed by atoms with Crippen LogP contribution >= 0.6 is 0 Å². The van der Waals surface area contributed by atoms with Crippen molar-refractivity contribution in [2.24, 2.45) is 5.73 Å². The van der Waals surface area contributed by atoms with Crippen molar-refractivity contribution >= 4 is 5.91 Å². The van der Waals surface area contributed by atoms with E-state index in [-0.39, 0.29) is 12.5 Å². The van der Waals surface area contributed by atoms with E-state index in [1.807, 2.05) is 4.90 Å². The lowest BCUT2D eigenvalue weighted by molar-refractivity contribution is -0.132. The van der Waals surface area contributed by atoms with Crippen LogP contribution in [0.25, 0.3) is 0 Å². The summed E-state index contributed by atoms with van der Waals surface area (Å²) in [5.41, 5.74) is 8.08. The van der Waals surface area contributed by atoms with Gasteiger partial charge in [0, 0.05) is 12.6 Å². The van der Waals surface area contributed by atoms with Crippen molar-refractivity contribution in [2.45, 2.75) is 51.6 Å². The molecule has 1 aliphatic carbocycles. The van der Waals surface area contributed by atoms with Gasteiger partial charge >= 0.3 is 0 Å². The van der Waals surface area contributed by atoms with Crippen molar-refractivity contribution < 1.29 is 4.79 Å². The lowest BCUT2D eigenvalue weighted by atomic mass is 10.1. The summed E-state index contributed by atoms with van der Waals surface area (Å²) in [6.45, 7) is 2.96. The lowest BCUT2D eigenvalue weighted by Crippen LogP contribution is -2.41. The van der Waals surface area contributed by atoms with Gasteiger partial charge in [0.2, 0.25) is 5.91 Å². The highest BCUT2D eigenvalue weighted by atomic mass is 16.2. The molecule has 3 heteroatoms. The summed E-state index contributed by atoms with van der Waals surface area (Å²) in [6, 6.07) is 8.95. The topological polar surface area (TPSA) is 46.3 Å². The molecule has 1 amide bonds. The van der Waals surface area contributed by atoms with Crippen LogP contribution in [0.15, 0.2) is 24.3 Å². The van der Waals surface area contributed by atoms with Crippen LogP contribution in [-0.4, -0.2) is 23.4 Å². The second-order valence-corrected chi connectivity index (χ2v) is 5.33. The standard InChI is InChI=1S/C16H24N2O/c1-2-13-7-9-14(10-8-13)12-18(16(19)11-17)15-5-3-4-6-15/h7-10,15H,2-6,11-12,17H2,1H3. The molecule has 1 aliphatic rings. The Hall–Kier alpha value is -1.35. The molecule has 19 heavy (non-hydrogen) atoms. The summed E-state index contributed by atoms with van der Waals surface area (Å²) in [4.78, 5) is 14.0. The maximum absolute atomic E-state index is 12.0. The number of benzene rings is 1. The maximum Gasteiger partial charge on any atom is 0.236 e. The molecule has 1 aromatic carbocycles. The van der Waals surface area contributed by atoms with Gasteiger partial charge in [0.1, 0.15) is 0 Å². The highest BCUT2D eigenvalue weighted by Gasteiger charge is 2.25. The Bertz CT molecular complexity index is 407. The van der Waals surface area contributed by atoms with E-state index in [0.717, 1.165) is 19.3 Å². The molecular formula is C16H24N2O. The molecule has 2 rings (SSSR count). The highest BCUT2D eigenvalue weighted by Crippen LogP contribution is 2.25. The van der Waals surface area contributed by atoms with E-state index in [0.29, 0.717) is 12.6 Å². The Kier molecular flexibility index (Phi) is 4.97. The Morgan fingerprint density at radius 1 is 1.21 bits per heavy atom. The molecule has 0 aliphatic heterocycles. The number of hydrogen-bond donors (Lipinski definition) is 1. The maximum atomic E-state index is 12.0. The molecule has 0 spiro atoms. The van der Waals surface area contributed by atoms with E-state index < -0.39 is 0 Å². The van der Waals surface area contributed by atoms with Crippen LogP contribution in [0.3, 0.4) is 0 Å². The second-order valence-electron chi connectivity index (χ2n) is 5.33. The zero-order chi connectivity index (χ0) is 13.7. The van der Waals surface area contributed by atoms with Gasteiger partial charge in [0.25, 0.3) is 0 Å². The molecule has 2 N–H and O–H groups in total. The third kappa shape index (κ3) is 3.57. The van der Waals surface area contributed by atoms with Crippen LogP contribution in [0.5, 0.6) is 0 Å². The van der Waals surface area contributed by atoms with Gasteiger partial charge in [-0.3, -0.25) is 4.79 Å². The third-order valence-electron chi connectivity index (χ3n) is 4.04. The van der Waals surface area contributed by atoms with Crippen LogP contribution in [0, 0.1) is 0 Å². The van der Waals surface area contributed by atoms with E-state index in [9.17, 15) is 4.79 Å². The van der Waals surface area contributed by atoms with Gasteiger partial charge in [-0.15, -0.1) is 0 Å². The molecule has 0 radical (unpaired) electrons. The predicted molar refractivity (Wildman–Crippen MR) is 77.7 cm³/mol. The van der Waals surface area contributed by atoms with Crippen LogP contribution in [-0.2, 0) is 17.8 Å². The van der Waals surface area contributed by atoms with Gasteiger partial charge in [-0.05, 0) is 30.4 Å². The Balaban J connectivity index is 2.07. The van der Waals surface area contributed by atoms with Crippen LogP contribution in [0.2, 0.25) is 0 Å². The minimum absolute atomic E-state index is 0.0754. The van der Waals surface area contributed by atoms with Crippen molar-refractivity contribution in [3.63, 3.8) is 0 Å². The van der Waals surface area contributed by atoms with Crippen LogP contribution in [0.4, 0.5) is 0 Å². The molecule has 1 saturated carbocycles. The normalized spacial score (nSPS) is 15.7.